The molecule has 6 nitrogen and oxygen atoms in total. The molecule has 1 fully saturated rings. The summed E-state index contributed by atoms with van der Waals surface area (Å²) in [4.78, 5) is 32.2. The molecule has 2 aliphatic rings. The first kappa shape index (κ1) is 20.5. The minimum absolute atomic E-state index is 0.115. The number of nitrogens with zero attached hydrogens (tertiary/aromatic N) is 3. The van der Waals surface area contributed by atoms with Gasteiger partial charge in [-0.25, -0.2) is 4.79 Å². The number of terminal acetylenes is 1. The largest absolute Gasteiger partial charge is 0.465 e. The summed E-state index contributed by atoms with van der Waals surface area (Å²) in [6, 6.07) is 5.25. The predicted molar refractivity (Wildman–Crippen MR) is 116 cm³/mol. The van der Waals surface area contributed by atoms with Crippen molar-refractivity contribution in [2.75, 3.05) is 19.6 Å². The number of rotatable bonds is 2. The maximum atomic E-state index is 13.1. The van der Waals surface area contributed by atoms with Gasteiger partial charge in [0.1, 0.15) is 0 Å². The van der Waals surface area contributed by atoms with Gasteiger partial charge in [0.25, 0.3) is 5.91 Å². The third-order valence-corrected chi connectivity index (χ3v) is 6.63. The van der Waals surface area contributed by atoms with Crippen molar-refractivity contribution >= 4 is 34.5 Å². The monoisotopic (exact) mass is 425 g/mol. The molecule has 1 aliphatic carbocycles. The topological polar surface area (TPSA) is 73.7 Å². The lowest BCUT2D eigenvalue weighted by Crippen LogP contribution is -2.55. The summed E-state index contributed by atoms with van der Waals surface area (Å²) >= 11 is 6.70. The van der Waals surface area contributed by atoms with Crippen LogP contribution in [0.5, 0.6) is 0 Å². The molecule has 30 heavy (non-hydrogen) atoms. The number of carbonyl (C=O) groups excluding carboxylic acids is 1. The first-order valence-electron chi connectivity index (χ1n) is 10.2. The number of halogens is 1. The van der Waals surface area contributed by atoms with Crippen LogP contribution in [0, 0.1) is 18.3 Å². The van der Waals surface area contributed by atoms with Crippen LogP contribution in [0.4, 0.5) is 4.79 Å². The summed E-state index contributed by atoms with van der Waals surface area (Å²) < 4.78 is 0. The lowest BCUT2D eigenvalue weighted by Gasteiger charge is -2.38. The van der Waals surface area contributed by atoms with Crippen LogP contribution in [0.25, 0.3) is 10.9 Å². The Bertz CT molecular complexity index is 1060. The molecule has 156 valence electrons. The van der Waals surface area contributed by atoms with Gasteiger partial charge in [0, 0.05) is 48.7 Å². The van der Waals surface area contributed by atoms with Gasteiger partial charge in [-0.1, -0.05) is 17.7 Å². The van der Waals surface area contributed by atoms with Gasteiger partial charge in [0.05, 0.1) is 10.5 Å². The summed E-state index contributed by atoms with van der Waals surface area (Å²) in [5.41, 5.74) is 3.32. The second-order valence-electron chi connectivity index (χ2n) is 8.18. The van der Waals surface area contributed by atoms with Crippen LogP contribution in [0.1, 0.15) is 41.4 Å². The molecule has 2 aromatic rings. The van der Waals surface area contributed by atoms with Crippen molar-refractivity contribution in [3.05, 3.63) is 40.0 Å². The number of fused-ring (bicyclic) bond motifs is 2. The fourth-order valence-corrected chi connectivity index (χ4v) is 4.89. The molecule has 1 aromatic heterocycles. The molecular formula is C23H24ClN3O3. The van der Waals surface area contributed by atoms with Crippen molar-refractivity contribution in [2.24, 2.45) is 5.92 Å². The van der Waals surface area contributed by atoms with Crippen LogP contribution in [-0.2, 0) is 12.8 Å². The molecule has 2 heterocycles. The maximum absolute atomic E-state index is 13.1. The van der Waals surface area contributed by atoms with Crippen molar-refractivity contribution < 1.29 is 14.7 Å². The lowest BCUT2D eigenvalue weighted by molar-refractivity contribution is 0.0484. The standard InChI is InChI=1S/C23H24ClN3O3/c1-3-4-15-5-7-17-19(11-15)25-20-12-16(6-8-18(20)21(17)24)22(28)27-10-9-26(23(29)30)13-14(27)2/h1,6,8,12,14-15H,4-5,7,9-11,13H2,2H3,(H,29,30)/t14-,15?/m0/s1. The summed E-state index contributed by atoms with van der Waals surface area (Å²) in [7, 11) is 0. The predicted octanol–water partition coefficient (Wildman–Crippen LogP) is 3.84. The average Bonchev–Trinajstić information content (AvgIpc) is 2.73. The number of aromatic nitrogens is 1. The summed E-state index contributed by atoms with van der Waals surface area (Å²) in [6.07, 6.45) is 7.96. The Kier molecular flexibility index (Phi) is 5.57. The third kappa shape index (κ3) is 3.70. The van der Waals surface area contributed by atoms with E-state index in [1.165, 1.54) is 4.90 Å². The van der Waals surface area contributed by atoms with Gasteiger partial charge in [-0.05, 0) is 49.8 Å². The summed E-state index contributed by atoms with van der Waals surface area (Å²) in [5.74, 6) is 3.04. The zero-order chi connectivity index (χ0) is 21.4. The second-order valence-corrected chi connectivity index (χ2v) is 8.55. The molecule has 0 bridgehead atoms. The fourth-order valence-electron chi connectivity index (χ4n) is 4.53. The van der Waals surface area contributed by atoms with E-state index in [0.717, 1.165) is 47.3 Å². The van der Waals surface area contributed by atoms with Crippen LogP contribution in [-0.4, -0.2) is 57.6 Å². The number of pyridine rings is 1. The van der Waals surface area contributed by atoms with Crippen LogP contribution >= 0.6 is 11.6 Å². The number of amides is 2. The van der Waals surface area contributed by atoms with E-state index >= 15 is 0 Å². The molecule has 0 saturated carbocycles. The number of benzene rings is 1. The third-order valence-electron chi connectivity index (χ3n) is 6.20. The van der Waals surface area contributed by atoms with Crippen molar-refractivity contribution in [3.63, 3.8) is 0 Å². The quantitative estimate of drug-likeness (QED) is 0.742. The van der Waals surface area contributed by atoms with Crippen molar-refractivity contribution in [1.29, 1.82) is 0 Å². The smallest absolute Gasteiger partial charge is 0.407 e. The van der Waals surface area contributed by atoms with E-state index in [4.69, 9.17) is 23.0 Å². The van der Waals surface area contributed by atoms with E-state index in [2.05, 4.69) is 5.92 Å². The Balaban J connectivity index is 1.63. The van der Waals surface area contributed by atoms with Crippen molar-refractivity contribution in [2.45, 2.75) is 38.6 Å². The normalized spacial score (nSPS) is 21.2. The van der Waals surface area contributed by atoms with E-state index in [0.29, 0.717) is 36.6 Å². The maximum Gasteiger partial charge on any atom is 0.407 e. The number of carboxylic acid groups (broad SMARTS) is 1. The molecule has 1 N–H and O–H groups in total. The van der Waals surface area contributed by atoms with Gasteiger partial charge in [0.2, 0.25) is 0 Å². The van der Waals surface area contributed by atoms with Gasteiger partial charge in [-0.15, -0.1) is 12.3 Å². The Labute approximate surface area is 180 Å². The zero-order valence-corrected chi connectivity index (χ0v) is 17.7. The van der Waals surface area contributed by atoms with Gasteiger partial charge in [-0.2, -0.15) is 0 Å². The number of hydrogen-bond acceptors (Lipinski definition) is 3. The number of carbonyl (C=O) groups is 2. The minimum atomic E-state index is -0.952. The molecule has 1 aromatic carbocycles. The highest BCUT2D eigenvalue weighted by atomic mass is 35.5. The fraction of sp³-hybridized carbons (Fsp3) is 0.435. The summed E-state index contributed by atoms with van der Waals surface area (Å²) in [6.45, 7) is 2.86. The Hall–Kier alpha value is -2.78. The van der Waals surface area contributed by atoms with E-state index < -0.39 is 6.09 Å². The highest BCUT2D eigenvalue weighted by Crippen LogP contribution is 2.35. The van der Waals surface area contributed by atoms with Gasteiger partial charge < -0.3 is 14.9 Å². The second kappa shape index (κ2) is 8.16. The highest BCUT2D eigenvalue weighted by Gasteiger charge is 2.30. The first-order chi connectivity index (χ1) is 14.4. The van der Waals surface area contributed by atoms with Gasteiger partial charge >= 0.3 is 6.09 Å². The van der Waals surface area contributed by atoms with Crippen molar-refractivity contribution in [1.82, 2.24) is 14.8 Å². The Morgan fingerprint density at radius 3 is 2.87 bits per heavy atom. The Morgan fingerprint density at radius 2 is 2.17 bits per heavy atom. The first-order valence-corrected chi connectivity index (χ1v) is 10.6. The molecule has 1 saturated heterocycles. The van der Waals surface area contributed by atoms with Crippen LogP contribution < -0.4 is 0 Å². The molecule has 0 radical (unpaired) electrons. The molecule has 0 spiro atoms. The van der Waals surface area contributed by atoms with E-state index in [1.807, 2.05) is 13.0 Å². The average molecular weight is 426 g/mol. The minimum Gasteiger partial charge on any atom is -0.465 e. The molecule has 1 unspecified atom stereocenters. The lowest BCUT2D eigenvalue weighted by atomic mass is 9.84. The molecular weight excluding hydrogens is 402 g/mol. The molecule has 7 heteroatoms. The van der Waals surface area contributed by atoms with Gasteiger partial charge in [0.15, 0.2) is 0 Å². The number of hydrogen-bond donors (Lipinski definition) is 1. The Morgan fingerprint density at radius 1 is 1.37 bits per heavy atom. The van der Waals surface area contributed by atoms with Crippen LogP contribution in [0.15, 0.2) is 18.2 Å². The molecule has 4 rings (SSSR count). The highest BCUT2D eigenvalue weighted by molar-refractivity contribution is 6.36. The molecule has 2 amide bonds. The van der Waals surface area contributed by atoms with Crippen molar-refractivity contribution in [3.8, 4) is 12.3 Å². The number of piperazine rings is 1. The van der Waals surface area contributed by atoms with E-state index in [-0.39, 0.29) is 11.9 Å². The van der Waals surface area contributed by atoms with E-state index in [1.54, 1.807) is 17.0 Å². The van der Waals surface area contributed by atoms with Crippen LogP contribution in [0.3, 0.4) is 0 Å². The SMILES string of the molecule is C#CCC1CCc2c(nc3cc(C(=O)N4CCN(C(=O)O)C[C@@H]4C)ccc3c2Cl)C1. The van der Waals surface area contributed by atoms with E-state index in [9.17, 15) is 14.7 Å². The molecule has 2 atom stereocenters. The summed E-state index contributed by atoms with van der Waals surface area (Å²) in [5, 5.41) is 10.8. The van der Waals surface area contributed by atoms with Gasteiger partial charge in [-0.3, -0.25) is 9.78 Å². The van der Waals surface area contributed by atoms with Crippen LogP contribution in [0.2, 0.25) is 5.02 Å². The zero-order valence-electron chi connectivity index (χ0n) is 16.9. The molecule has 1 aliphatic heterocycles.